The largest absolute Gasteiger partial charge is 0.366 e. The van der Waals surface area contributed by atoms with Gasteiger partial charge in [-0.3, -0.25) is 4.79 Å². The van der Waals surface area contributed by atoms with Gasteiger partial charge in [0, 0.05) is 26.1 Å². The van der Waals surface area contributed by atoms with Gasteiger partial charge in [-0.15, -0.1) is 0 Å². The number of piperidine rings is 1. The number of nitrogens with one attached hydrogen (secondary N) is 1. The summed E-state index contributed by atoms with van der Waals surface area (Å²) in [5.41, 5.74) is -0.759. The van der Waals surface area contributed by atoms with Crippen LogP contribution in [-0.4, -0.2) is 31.0 Å². The van der Waals surface area contributed by atoms with Gasteiger partial charge in [-0.1, -0.05) is 0 Å². The lowest BCUT2D eigenvalue weighted by Crippen LogP contribution is -2.40. The number of pyridine rings is 1. The number of anilines is 1. The van der Waals surface area contributed by atoms with Crippen molar-refractivity contribution >= 4 is 11.6 Å². The molecule has 4 nitrogen and oxygen atoms in total. The molecule has 20 heavy (non-hydrogen) atoms. The van der Waals surface area contributed by atoms with Crippen LogP contribution in [0.1, 0.15) is 12.8 Å². The van der Waals surface area contributed by atoms with E-state index in [2.05, 4.69) is 10.3 Å². The van der Waals surface area contributed by atoms with Crippen molar-refractivity contribution in [2.75, 3.05) is 25.0 Å². The van der Waals surface area contributed by atoms with Crippen LogP contribution in [0.3, 0.4) is 0 Å². The zero-order valence-corrected chi connectivity index (χ0v) is 10.7. The van der Waals surface area contributed by atoms with Crippen molar-refractivity contribution in [3.8, 4) is 0 Å². The van der Waals surface area contributed by atoms with Crippen LogP contribution in [0, 0.1) is 29.4 Å². The van der Waals surface area contributed by atoms with Crippen molar-refractivity contribution in [1.82, 2.24) is 10.3 Å². The van der Waals surface area contributed by atoms with Crippen LogP contribution in [0.5, 0.6) is 0 Å². The second-order valence-corrected chi connectivity index (χ2v) is 4.55. The van der Waals surface area contributed by atoms with Gasteiger partial charge in [0.05, 0.1) is 0 Å². The molecular weight excluding hydrogens is 278 g/mol. The van der Waals surface area contributed by atoms with Crippen molar-refractivity contribution in [3.05, 3.63) is 23.5 Å². The van der Waals surface area contributed by atoms with E-state index in [4.69, 9.17) is 0 Å². The summed E-state index contributed by atoms with van der Waals surface area (Å²) in [6.45, 7) is 0.267. The number of halogens is 4. The zero-order chi connectivity index (χ0) is 14.9. The summed E-state index contributed by atoms with van der Waals surface area (Å²) in [5.74, 6) is -6.79. The fourth-order valence-electron chi connectivity index (χ4n) is 2.32. The Labute approximate surface area is 112 Å². The molecule has 1 amide bonds. The molecule has 0 radical (unpaired) electrons. The summed E-state index contributed by atoms with van der Waals surface area (Å²) in [6, 6.07) is 0. The summed E-state index contributed by atoms with van der Waals surface area (Å²) in [5, 5.41) is 2.49. The van der Waals surface area contributed by atoms with Crippen LogP contribution in [0.15, 0.2) is 0 Å². The van der Waals surface area contributed by atoms with E-state index in [1.54, 1.807) is 0 Å². The van der Waals surface area contributed by atoms with E-state index in [0.717, 1.165) is 0 Å². The summed E-state index contributed by atoms with van der Waals surface area (Å²) >= 11 is 0. The number of hydrogen-bond acceptors (Lipinski definition) is 3. The highest BCUT2D eigenvalue weighted by Gasteiger charge is 2.30. The number of rotatable bonds is 2. The molecule has 0 unspecified atom stereocenters. The minimum Gasteiger partial charge on any atom is -0.366 e. The molecule has 1 aromatic heterocycles. The predicted molar refractivity (Wildman–Crippen MR) is 63.1 cm³/mol. The van der Waals surface area contributed by atoms with E-state index in [1.807, 2.05) is 0 Å². The summed E-state index contributed by atoms with van der Waals surface area (Å²) in [7, 11) is 1.50. The molecule has 1 aliphatic heterocycles. The van der Waals surface area contributed by atoms with E-state index in [1.165, 1.54) is 11.9 Å². The van der Waals surface area contributed by atoms with Crippen LogP contribution < -0.4 is 10.2 Å². The Morgan fingerprint density at radius 1 is 1.15 bits per heavy atom. The van der Waals surface area contributed by atoms with E-state index in [-0.39, 0.29) is 24.9 Å². The monoisotopic (exact) mass is 291 g/mol. The molecule has 8 heteroatoms. The molecule has 1 fully saturated rings. The zero-order valence-electron chi connectivity index (χ0n) is 10.7. The van der Waals surface area contributed by atoms with Gasteiger partial charge in [0.15, 0.2) is 0 Å². The molecule has 0 spiro atoms. The average Bonchev–Trinajstić information content (AvgIpc) is 2.45. The first kappa shape index (κ1) is 14.5. The van der Waals surface area contributed by atoms with E-state index in [0.29, 0.717) is 12.8 Å². The van der Waals surface area contributed by atoms with Gasteiger partial charge in [-0.05, 0) is 12.8 Å². The lowest BCUT2D eigenvalue weighted by Gasteiger charge is -2.33. The van der Waals surface area contributed by atoms with Gasteiger partial charge in [0.25, 0.3) is 11.9 Å². The number of carbonyl (C=O) groups excluding carboxylic acids is 1. The van der Waals surface area contributed by atoms with Crippen LogP contribution in [-0.2, 0) is 4.79 Å². The fourth-order valence-corrected chi connectivity index (χ4v) is 2.32. The number of carbonyl (C=O) groups is 1. The summed E-state index contributed by atoms with van der Waals surface area (Å²) in [6.07, 6.45) is 0.703. The van der Waals surface area contributed by atoms with Gasteiger partial charge in [0.2, 0.25) is 17.5 Å². The number of amides is 1. The van der Waals surface area contributed by atoms with Crippen LogP contribution in [0.25, 0.3) is 0 Å². The Hall–Kier alpha value is -1.86. The molecule has 2 heterocycles. The smallest absolute Gasteiger partial charge is 0.253 e. The lowest BCUT2D eigenvalue weighted by molar-refractivity contribution is -0.125. The quantitative estimate of drug-likeness (QED) is 0.665. The summed E-state index contributed by atoms with van der Waals surface area (Å²) < 4.78 is 53.3. The van der Waals surface area contributed by atoms with Gasteiger partial charge >= 0.3 is 0 Å². The van der Waals surface area contributed by atoms with Crippen molar-refractivity contribution in [2.24, 2.45) is 5.92 Å². The molecule has 1 aromatic rings. The number of hydrogen-bond donors (Lipinski definition) is 1. The molecule has 1 saturated heterocycles. The normalized spacial score (nSPS) is 16.4. The van der Waals surface area contributed by atoms with Crippen molar-refractivity contribution < 1.29 is 22.4 Å². The van der Waals surface area contributed by atoms with Crippen LogP contribution in [0.4, 0.5) is 23.2 Å². The van der Waals surface area contributed by atoms with Gasteiger partial charge < -0.3 is 10.2 Å². The highest BCUT2D eigenvalue weighted by molar-refractivity contribution is 5.78. The Morgan fingerprint density at radius 2 is 1.65 bits per heavy atom. The third kappa shape index (κ3) is 2.54. The van der Waals surface area contributed by atoms with Crippen molar-refractivity contribution in [3.63, 3.8) is 0 Å². The summed E-state index contributed by atoms with van der Waals surface area (Å²) in [4.78, 5) is 15.1. The highest BCUT2D eigenvalue weighted by atomic mass is 19.2. The van der Waals surface area contributed by atoms with E-state index < -0.39 is 29.2 Å². The lowest BCUT2D eigenvalue weighted by atomic mass is 9.95. The maximum Gasteiger partial charge on any atom is 0.253 e. The maximum atomic E-state index is 13.6. The van der Waals surface area contributed by atoms with Gasteiger partial charge in [-0.25, -0.2) is 0 Å². The van der Waals surface area contributed by atoms with Crippen molar-refractivity contribution in [2.45, 2.75) is 12.8 Å². The fraction of sp³-hybridized carbons (Fsp3) is 0.500. The molecule has 0 saturated carbocycles. The van der Waals surface area contributed by atoms with Crippen molar-refractivity contribution in [1.29, 1.82) is 0 Å². The van der Waals surface area contributed by atoms with Gasteiger partial charge in [-0.2, -0.15) is 22.5 Å². The average molecular weight is 291 g/mol. The third-order valence-electron chi connectivity index (χ3n) is 3.40. The molecule has 1 aliphatic rings. The highest BCUT2D eigenvalue weighted by Crippen LogP contribution is 2.30. The van der Waals surface area contributed by atoms with Crippen LogP contribution >= 0.6 is 0 Å². The first-order chi connectivity index (χ1) is 9.45. The SMILES string of the molecule is CNC(=O)C1CCN(c2c(F)c(F)nc(F)c2F)CC1. The first-order valence-electron chi connectivity index (χ1n) is 6.12. The topological polar surface area (TPSA) is 45.2 Å². The molecule has 0 aromatic carbocycles. The van der Waals surface area contributed by atoms with E-state index in [9.17, 15) is 22.4 Å². The van der Waals surface area contributed by atoms with E-state index >= 15 is 0 Å². The third-order valence-corrected chi connectivity index (χ3v) is 3.40. The Balaban J connectivity index is 2.21. The number of nitrogens with zero attached hydrogens (tertiary/aromatic N) is 2. The Kier molecular flexibility index (Phi) is 4.10. The predicted octanol–water partition coefficient (Wildman–Crippen LogP) is 1.60. The number of aromatic nitrogens is 1. The minimum absolute atomic E-state index is 0.134. The first-order valence-corrected chi connectivity index (χ1v) is 6.12. The molecule has 110 valence electrons. The second-order valence-electron chi connectivity index (χ2n) is 4.55. The van der Waals surface area contributed by atoms with Crippen LogP contribution in [0.2, 0.25) is 0 Å². The molecule has 0 aliphatic carbocycles. The maximum absolute atomic E-state index is 13.6. The molecule has 0 bridgehead atoms. The standard InChI is InChI=1S/C12H13F4N3O/c1-17-12(20)6-2-4-19(5-3-6)9-7(13)10(15)18-11(16)8(9)14/h6H,2-5H2,1H3,(H,17,20). The molecule has 1 N–H and O–H groups in total. The molecule has 2 rings (SSSR count). The Morgan fingerprint density at radius 3 is 2.10 bits per heavy atom. The van der Waals surface area contributed by atoms with Gasteiger partial charge in [0.1, 0.15) is 5.69 Å². The minimum atomic E-state index is -1.67. The molecule has 0 atom stereocenters. The Bertz CT molecular complexity index is 504. The molecular formula is C12H13F4N3O. The second kappa shape index (κ2) is 5.64.